The second-order valence-electron chi connectivity index (χ2n) is 6.41. The van der Waals surface area contributed by atoms with Gasteiger partial charge in [0.1, 0.15) is 0 Å². The van der Waals surface area contributed by atoms with Crippen molar-refractivity contribution in [2.75, 3.05) is 31.9 Å². The number of anilines is 1. The molecule has 1 aliphatic rings. The lowest BCUT2D eigenvalue weighted by molar-refractivity contribution is -0.130. The first-order chi connectivity index (χ1) is 11.7. The smallest absolute Gasteiger partial charge is 0.227 e. The Morgan fingerprint density at radius 1 is 0.846 bits per heavy atom. The number of nitrogens with zero attached hydrogens (tertiary/aromatic N) is 2. The van der Waals surface area contributed by atoms with Crippen molar-refractivity contribution in [1.82, 2.24) is 9.80 Å². The Balaban J connectivity index is 0.00000169. The Morgan fingerprint density at radius 2 is 1.54 bits per heavy atom. The van der Waals surface area contributed by atoms with Gasteiger partial charge in [-0.2, -0.15) is 0 Å². The van der Waals surface area contributed by atoms with E-state index in [-0.39, 0.29) is 30.7 Å². The monoisotopic (exact) mass is 395 g/mol. The van der Waals surface area contributed by atoms with Crippen LogP contribution in [0.4, 0.5) is 5.69 Å². The van der Waals surface area contributed by atoms with E-state index in [1.807, 2.05) is 35.2 Å². The topological polar surface area (TPSA) is 49.6 Å². The van der Waals surface area contributed by atoms with Gasteiger partial charge in [0.05, 0.1) is 6.42 Å². The predicted molar refractivity (Wildman–Crippen MR) is 112 cm³/mol. The van der Waals surface area contributed by atoms with E-state index >= 15 is 0 Å². The van der Waals surface area contributed by atoms with E-state index in [0.717, 1.165) is 50.4 Å². The average Bonchev–Trinajstić information content (AvgIpc) is 2.83. The van der Waals surface area contributed by atoms with Crippen LogP contribution in [0.15, 0.2) is 54.6 Å². The van der Waals surface area contributed by atoms with Crippen LogP contribution in [0.5, 0.6) is 0 Å². The highest BCUT2D eigenvalue weighted by Gasteiger charge is 2.19. The van der Waals surface area contributed by atoms with Crippen LogP contribution in [0.2, 0.25) is 0 Å². The van der Waals surface area contributed by atoms with Crippen LogP contribution in [0.1, 0.15) is 17.5 Å². The highest BCUT2D eigenvalue weighted by Crippen LogP contribution is 2.12. The van der Waals surface area contributed by atoms with Crippen molar-refractivity contribution in [3.8, 4) is 0 Å². The van der Waals surface area contributed by atoms with Crippen LogP contribution in [0.3, 0.4) is 0 Å². The summed E-state index contributed by atoms with van der Waals surface area (Å²) in [7, 11) is 0. The lowest BCUT2D eigenvalue weighted by Gasteiger charge is -2.22. The van der Waals surface area contributed by atoms with Crippen molar-refractivity contribution in [3.05, 3.63) is 65.7 Å². The normalized spacial score (nSPS) is 14.7. The molecule has 0 saturated carbocycles. The van der Waals surface area contributed by atoms with Crippen LogP contribution < -0.4 is 5.73 Å². The lowest BCUT2D eigenvalue weighted by atomic mass is 10.1. The summed E-state index contributed by atoms with van der Waals surface area (Å²) in [5.74, 6) is 0.210. The molecule has 3 rings (SSSR count). The molecule has 0 unspecified atom stereocenters. The van der Waals surface area contributed by atoms with E-state index in [4.69, 9.17) is 5.73 Å². The van der Waals surface area contributed by atoms with Gasteiger partial charge in [-0.05, 0) is 29.7 Å². The van der Waals surface area contributed by atoms with Gasteiger partial charge in [0.15, 0.2) is 0 Å². The summed E-state index contributed by atoms with van der Waals surface area (Å²) in [5.41, 5.74) is 8.79. The number of amides is 1. The molecule has 1 heterocycles. The Labute approximate surface area is 168 Å². The third-order valence-electron chi connectivity index (χ3n) is 4.53. The first-order valence-corrected chi connectivity index (χ1v) is 8.59. The summed E-state index contributed by atoms with van der Waals surface area (Å²) < 4.78 is 0. The molecule has 0 atom stereocenters. The molecule has 2 aromatic carbocycles. The zero-order valence-electron chi connectivity index (χ0n) is 14.8. The second kappa shape index (κ2) is 11.1. The SMILES string of the molecule is Cl.Cl.Nc1ccc(CC(=O)N2CCCN(Cc3ccccc3)CC2)cc1. The first kappa shape index (κ1) is 22.3. The number of hydrogen-bond acceptors (Lipinski definition) is 3. The molecule has 2 aromatic rings. The van der Waals surface area contributed by atoms with Crippen LogP contribution in [0, 0.1) is 0 Å². The Bertz CT molecular complexity index is 665. The van der Waals surface area contributed by atoms with Crippen molar-refractivity contribution in [2.24, 2.45) is 0 Å². The summed E-state index contributed by atoms with van der Waals surface area (Å²) in [6.07, 6.45) is 1.49. The van der Waals surface area contributed by atoms with Gasteiger partial charge < -0.3 is 10.6 Å². The number of halogens is 2. The highest BCUT2D eigenvalue weighted by atomic mass is 35.5. The van der Waals surface area contributed by atoms with Gasteiger partial charge in [0.2, 0.25) is 5.91 Å². The molecule has 1 aliphatic heterocycles. The fourth-order valence-electron chi connectivity index (χ4n) is 3.14. The molecule has 1 saturated heterocycles. The molecule has 1 amide bonds. The molecule has 0 aliphatic carbocycles. The number of nitrogens with two attached hydrogens (primary N) is 1. The van der Waals surface area contributed by atoms with Gasteiger partial charge in [-0.15, -0.1) is 24.8 Å². The molecule has 2 N–H and O–H groups in total. The largest absolute Gasteiger partial charge is 0.399 e. The molecule has 1 fully saturated rings. The summed E-state index contributed by atoms with van der Waals surface area (Å²) in [5, 5.41) is 0. The van der Waals surface area contributed by atoms with Gasteiger partial charge in [-0.3, -0.25) is 9.69 Å². The number of hydrogen-bond donors (Lipinski definition) is 1. The second-order valence-corrected chi connectivity index (χ2v) is 6.41. The van der Waals surface area contributed by atoms with Crippen molar-refractivity contribution in [2.45, 2.75) is 19.4 Å². The standard InChI is InChI=1S/C20H25N3O.2ClH/c21-19-9-7-17(8-10-19)15-20(24)23-12-4-11-22(13-14-23)16-18-5-2-1-3-6-18;;/h1-3,5-10H,4,11-16,21H2;2*1H. The van der Waals surface area contributed by atoms with Crippen LogP contribution in [0.25, 0.3) is 0 Å². The van der Waals surface area contributed by atoms with Gasteiger partial charge in [-0.1, -0.05) is 42.5 Å². The Hall–Kier alpha value is -1.75. The minimum Gasteiger partial charge on any atom is -0.399 e. The number of rotatable bonds is 4. The molecule has 0 spiro atoms. The van der Waals surface area contributed by atoms with Crippen LogP contribution in [-0.2, 0) is 17.8 Å². The lowest BCUT2D eigenvalue weighted by Crippen LogP contribution is -2.36. The summed E-state index contributed by atoms with van der Waals surface area (Å²) >= 11 is 0. The first-order valence-electron chi connectivity index (χ1n) is 8.59. The number of benzene rings is 2. The average molecular weight is 396 g/mol. The minimum absolute atomic E-state index is 0. The fourth-order valence-corrected chi connectivity index (χ4v) is 3.14. The van der Waals surface area contributed by atoms with Crippen molar-refractivity contribution < 1.29 is 4.79 Å². The third kappa shape index (κ3) is 6.52. The fraction of sp³-hybridized carbons (Fsp3) is 0.350. The minimum atomic E-state index is 0. The van der Waals surface area contributed by atoms with Gasteiger partial charge in [0, 0.05) is 38.4 Å². The Morgan fingerprint density at radius 3 is 2.23 bits per heavy atom. The Kier molecular flexibility index (Phi) is 9.49. The highest BCUT2D eigenvalue weighted by molar-refractivity contribution is 5.85. The zero-order chi connectivity index (χ0) is 16.8. The zero-order valence-corrected chi connectivity index (χ0v) is 16.5. The molecular formula is C20H27Cl2N3O. The molecule has 0 aromatic heterocycles. The quantitative estimate of drug-likeness (QED) is 0.806. The van der Waals surface area contributed by atoms with Crippen molar-refractivity contribution in [1.29, 1.82) is 0 Å². The molecule has 142 valence electrons. The maximum Gasteiger partial charge on any atom is 0.227 e. The number of carbonyl (C=O) groups excluding carboxylic acids is 1. The van der Waals surface area contributed by atoms with E-state index in [0.29, 0.717) is 6.42 Å². The van der Waals surface area contributed by atoms with E-state index in [1.54, 1.807) is 0 Å². The number of carbonyl (C=O) groups is 1. The van der Waals surface area contributed by atoms with E-state index < -0.39 is 0 Å². The molecule has 6 heteroatoms. The maximum atomic E-state index is 12.5. The van der Waals surface area contributed by atoms with E-state index in [2.05, 4.69) is 29.2 Å². The number of nitrogen functional groups attached to an aromatic ring is 1. The molecular weight excluding hydrogens is 369 g/mol. The van der Waals surface area contributed by atoms with E-state index in [1.165, 1.54) is 5.56 Å². The van der Waals surface area contributed by atoms with Crippen LogP contribution >= 0.6 is 24.8 Å². The van der Waals surface area contributed by atoms with E-state index in [9.17, 15) is 4.79 Å². The predicted octanol–water partition coefficient (Wildman–Crippen LogP) is 3.39. The molecule has 26 heavy (non-hydrogen) atoms. The van der Waals surface area contributed by atoms with Gasteiger partial charge in [0.25, 0.3) is 0 Å². The summed E-state index contributed by atoms with van der Waals surface area (Å²) in [6.45, 7) is 4.59. The molecule has 0 radical (unpaired) electrons. The summed E-state index contributed by atoms with van der Waals surface area (Å²) in [4.78, 5) is 17.0. The summed E-state index contributed by atoms with van der Waals surface area (Å²) in [6, 6.07) is 18.1. The maximum absolute atomic E-state index is 12.5. The molecule has 4 nitrogen and oxygen atoms in total. The van der Waals surface area contributed by atoms with Gasteiger partial charge >= 0.3 is 0 Å². The van der Waals surface area contributed by atoms with Gasteiger partial charge in [-0.25, -0.2) is 0 Å². The third-order valence-corrected chi connectivity index (χ3v) is 4.53. The van der Waals surface area contributed by atoms with Crippen LogP contribution in [-0.4, -0.2) is 41.9 Å². The van der Waals surface area contributed by atoms with Crippen molar-refractivity contribution in [3.63, 3.8) is 0 Å². The molecule has 0 bridgehead atoms. The van der Waals surface area contributed by atoms with Crippen molar-refractivity contribution >= 4 is 36.4 Å².